The average molecular weight is 313 g/mol. The first-order valence-electron chi connectivity index (χ1n) is 8.44. The number of hydrogen-bond acceptors (Lipinski definition) is 2. The molecule has 4 nitrogen and oxygen atoms in total. The van der Waals surface area contributed by atoms with Crippen molar-refractivity contribution in [2.24, 2.45) is 5.92 Å². The minimum absolute atomic E-state index is 0.00719. The second-order valence-corrected chi connectivity index (χ2v) is 6.28. The SMILES string of the molecule is CCc1nn(-c2ccccc2C)c(CC)c1C(=O)NCC(C)C. The minimum Gasteiger partial charge on any atom is -0.352 e. The van der Waals surface area contributed by atoms with Crippen LogP contribution in [-0.2, 0) is 12.8 Å². The molecule has 1 aromatic heterocycles. The molecule has 23 heavy (non-hydrogen) atoms. The molecule has 1 N–H and O–H groups in total. The molecule has 0 spiro atoms. The summed E-state index contributed by atoms with van der Waals surface area (Å²) in [5, 5.41) is 7.77. The van der Waals surface area contributed by atoms with Crippen LogP contribution in [0.2, 0.25) is 0 Å². The fourth-order valence-electron chi connectivity index (χ4n) is 2.73. The highest BCUT2D eigenvalue weighted by Gasteiger charge is 2.22. The van der Waals surface area contributed by atoms with Crippen LogP contribution >= 0.6 is 0 Å². The fourth-order valence-corrected chi connectivity index (χ4v) is 2.73. The van der Waals surface area contributed by atoms with Crippen molar-refractivity contribution >= 4 is 5.91 Å². The molecule has 1 heterocycles. The Morgan fingerprint density at radius 2 is 1.91 bits per heavy atom. The van der Waals surface area contributed by atoms with Gasteiger partial charge in [-0.2, -0.15) is 5.10 Å². The maximum Gasteiger partial charge on any atom is 0.255 e. The smallest absolute Gasteiger partial charge is 0.255 e. The number of carbonyl (C=O) groups is 1. The highest BCUT2D eigenvalue weighted by atomic mass is 16.1. The molecule has 0 aliphatic heterocycles. The summed E-state index contributed by atoms with van der Waals surface area (Å²) in [4.78, 5) is 12.7. The van der Waals surface area contributed by atoms with Gasteiger partial charge >= 0.3 is 0 Å². The lowest BCUT2D eigenvalue weighted by molar-refractivity contribution is 0.0947. The van der Waals surface area contributed by atoms with E-state index < -0.39 is 0 Å². The van der Waals surface area contributed by atoms with Gasteiger partial charge in [0, 0.05) is 6.54 Å². The lowest BCUT2D eigenvalue weighted by atomic mass is 10.1. The van der Waals surface area contributed by atoms with Gasteiger partial charge in [-0.15, -0.1) is 0 Å². The number of rotatable bonds is 6. The van der Waals surface area contributed by atoms with E-state index >= 15 is 0 Å². The Hall–Kier alpha value is -2.10. The number of aromatic nitrogens is 2. The summed E-state index contributed by atoms with van der Waals surface area (Å²) >= 11 is 0. The molecule has 1 aromatic carbocycles. The first-order valence-corrected chi connectivity index (χ1v) is 8.44. The first kappa shape index (κ1) is 17.3. The molecule has 0 radical (unpaired) electrons. The van der Waals surface area contributed by atoms with E-state index in [0.717, 1.165) is 41.0 Å². The van der Waals surface area contributed by atoms with E-state index in [1.165, 1.54) is 0 Å². The Balaban J connectivity index is 2.51. The molecule has 0 saturated heterocycles. The quantitative estimate of drug-likeness (QED) is 0.884. The summed E-state index contributed by atoms with van der Waals surface area (Å²) in [5.74, 6) is 0.424. The summed E-state index contributed by atoms with van der Waals surface area (Å²) in [6, 6.07) is 8.15. The summed E-state index contributed by atoms with van der Waals surface area (Å²) < 4.78 is 1.94. The second-order valence-electron chi connectivity index (χ2n) is 6.28. The molecule has 0 saturated carbocycles. The Morgan fingerprint density at radius 3 is 2.48 bits per heavy atom. The molecule has 1 amide bonds. The lowest BCUT2D eigenvalue weighted by Gasteiger charge is -2.11. The maximum atomic E-state index is 12.7. The van der Waals surface area contributed by atoms with Crippen LogP contribution < -0.4 is 5.32 Å². The van der Waals surface area contributed by atoms with E-state index in [-0.39, 0.29) is 5.91 Å². The molecular formula is C19H27N3O. The highest BCUT2D eigenvalue weighted by Crippen LogP contribution is 2.22. The van der Waals surface area contributed by atoms with E-state index in [1.54, 1.807) is 0 Å². The molecule has 2 rings (SSSR count). The van der Waals surface area contributed by atoms with E-state index in [0.29, 0.717) is 12.5 Å². The van der Waals surface area contributed by atoms with Crippen LogP contribution in [0, 0.1) is 12.8 Å². The van der Waals surface area contributed by atoms with Crippen LogP contribution in [0.3, 0.4) is 0 Å². The number of benzene rings is 1. The second kappa shape index (κ2) is 7.44. The summed E-state index contributed by atoms with van der Waals surface area (Å²) in [6.45, 7) is 11.1. The molecule has 0 fully saturated rings. The van der Waals surface area contributed by atoms with Crippen molar-refractivity contribution in [2.45, 2.75) is 47.5 Å². The van der Waals surface area contributed by atoms with Gasteiger partial charge in [-0.25, -0.2) is 4.68 Å². The molecule has 2 aromatic rings. The third-order valence-corrected chi connectivity index (χ3v) is 3.96. The third kappa shape index (κ3) is 3.63. The van der Waals surface area contributed by atoms with Gasteiger partial charge in [-0.1, -0.05) is 45.9 Å². The molecule has 0 unspecified atom stereocenters. The van der Waals surface area contributed by atoms with Gasteiger partial charge in [0.05, 0.1) is 22.6 Å². The van der Waals surface area contributed by atoms with E-state index in [4.69, 9.17) is 5.10 Å². The molecule has 0 aliphatic rings. The van der Waals surface area contributed by atoms with E-state index in [2.05, 4.69) is 45.1 Å². The van der Waals surface area contributed by atoms with Crippen LogP contribution in [0.1, 0.15) is 55.0 Å². The standard InChI is InChI=1S/C19H27N3O/c1-6-15-18(19(23)20-12-13(3)4)16(7-2)22(21-15)17-11-9-8-10-14(17)5/h8-11,13H,6-7,12H2,1-5H3,(H,20,23). The van der Waals surface area contributed by atoms with Crippen molar-refractivity contribution < 1.29 is 4.79 Å². The van der Waals surface area contributed by atoms with Crippen LogP contribution in [0.4, 0.5) is 0 Å². The van der Waals surface area contributed by atoms with Gasteiger partial charge in [-0.05, 0) is 37.3 Å². The normalized spacial score (nSPS) is 11.0. The Kier molecular flexibility index (Phi) is 5.59. The summed E-state index contributed by atoms with van der Waals surface area (Å²) in [7, 11) is 0. The van der Waals surface area contributed by atoms with Gasteiger partial charge in [0.25, 0.3) is 5.91 Å². The van der Waals surface area contributed by atoms with Crippen molar-refractivity contribution in [1.29, 1.82) is 0 Å². The molecule has 0 bridgehead atoms. The van der Waals surface area contributed by atoms with Gasteiger partial charge < -0.3 is 5.32 Å². The largest absolute Gasteiger partial charge is 0.352 e. The summed E-state index contributed by atoms with van der Waals surface area (Å²) in [5.41, 5.74) is 4.80. The predicted molar refractivity (Wildman–Crippen MR) is 94.2 cm³/mol. The number of nitrogens with one attached hydrogen (secondary N) is 1. The van der Waals surface area contributed by atoms with Crippen molar-refractivity contribution in [2.75, 3.05) is 6.54 Å². The number of aryl methyl sites for hydroxylation is 2. The summed E-state index contributed by atoms with van der Waals surface area (Å²) in [6.07, 6.45) is 1.52. The van der Waals surface area contributed by atoms with Crippen LogP contribution in [0.5, 0.6) is 0 Å². The molecule has 124 valence electrons. The van der Waals surface area contributed by atoms with Gasteiger partial charge in [0.15, 0.2) is 0 Å². The fraction of sp³-hybridized carbons (Fsp3) is 0.474. The Labute approximate surface area is 138 Å². The zero-order valence-electron chi connectivity index (χ0n) is 14.8. The highest BCUT2D eigenvalue weighted by molar-refractivity contribution is 5.96. The Morgan fingerprint density at radius 1 is 1.22 bits per heavy atom. The zero-order valence-corrected chi connectivity index (χ0v) is 14.8. The van der Waals surface area contributed by atoms with Gasteiger partial charge in [0.1, 0.15) is 0 Å². The van der Waals surface area contributed by atoms with E-state index in [1.807, 2.05) is 23.7 Å². The monoisotopic (exact) mass is 313 g/mol. The zero-order chi connectivity index (χ0) is 17.0. The van der Waals surface area contributed by atoms with Crippen molar-refractivity contribution in [3.05, 3.63) is 46.8 Å². The third-order valence-electron chi connectivity index (χ3n) is 3.96. The predicted octanol–water partition coefficient (Wildman–Crippen LogP) is 3.69. The van der Waals surface area contributed by atoms with Gasteiger partial charge in [-0.3, -0.25) is 4.79 Å². The van der Waals surface area contributed by atoms with Crippen molar-refractivity contribution in [3.63, 3.8) is 0 Å². The first-order chi connectivity index (χ1) is 11.0. The molecule has 4 heteroatoms. The minimum atomic E-state index is -0.00719. The number of nitrogens with zero attached hydrogens (tertiary/aromatic N) is 2. The molecular weight excluding hydrogens is 286 g/mol. The van der Waals surface area contributed by atoms with E-state index in [9.17, 15) is 4.79 Å². The number of hydrogen-bond donors (Lipinski definition) is 1. The van der Waals surface area contributed by atoms with Crippen LogP contribution in [-0.4, -0.2) is 22.2 Å². The number of carbonyl (C=O) groups excluding carboxylic acids is 1. The maximum absolute atomic E-state index is 12.7. The molecule has 0 atom stereocenters. The van der Waals surface area contributed by atoms with Crippen molar-refractivity contribution in [1.82, 2.24) is 15.1 Å². The Bertz CT molecular complexity index is 686. The van der Waals surface area contributed by atoms with Crippen LogP contribution in [0.15, 0.2) is 24.3 Å². The average Bonchev–Trinajstić information content (AvgIpc) is 2.91. The number of amides is 1. The van der Waals surface area contributed by atoms with Crippen LogP contribution in [0.25, 0.3) is 5.69 Å². The molecule has 0 aliphatic carbocycles. The number of para-hydroxylation sites is 1. The van der Waals surface area contributed by atoms with Gasteiger partial charge in [0.2, 0.25) is 0 Å². The topological polar surface area (TPSA) is 46.9 Å². The van der Waals surface area contributed by atoms with Crippen molar-refractivity contribution in [3.8, 4) is 5.69 Å². The lowest BCUT2D eigenvalue weighted by Crippen LogP contribution is -2.28.